The molecule has 22 heavy (non-hydrogen) atoms. The van der Waals surface area contributed by atoms with Crippen LogP contribution in [0.25, 0.3) is 5.70 Å². The fourth-order valence-electron chi connectivity index (χ4n) is 1.67. The van der Waals surface area contributed by atoms with Crippen LogP contribution in [-0.2, 0) is 10.0 Å². The Kier molecular flexibility index (Phi) is 4.54. The Labute approximate surface area is 127 Å². The molecule has 2 aromatic rings. The van der Waals surface area contributed by atoms with E-state index in [1.54, 1.807) is 24.3 Å². The molecule has 0 atom stereocenters. The maximum Gasteiger partial charge on any atom is 0.270 e. The summed E-state index contributed by atoms with van der Waals surface area (Å²) in [5.41, 5.74) is 2.95. The Morgan fingerprint density at radius 3 is 2.41 bits per heavy atom. The van der Waals surface area contributed by atoms with Crippen LogP contribution in [0.5, 0.6) is 0 Å². The molecule has 0 radical (unpaired) electrons. The van der Waals surface area contributed by atoms with Gasteiger partial charge in [0.05, 0.1) is 15.5 Å². The van der Waals surface area contributed by atoms with Crippen LogP contribution in [-0.4, -0.2) is 13.3 Å². The van der Waals surface area contributed by atoms with Crippen molar-refractivity contribution < 1.29 is 13.3 Å². The molecule has 0 amide bonds. The number of non-ortho nitro benzene ring substituents is 1. The summed E-state index contributed by atoms with van der Waals surface area (Å²) in [4.78, 5) is 12.5. The second-order valence-corrected chi connectivity index (χ2v) is 6.01. The van der Waals surface area contributed by atoms with E-state index in [9.17, 15) is 18.5 Å². The van der Waals surface area contributed by atoms with Crippen LogP contribution in [0.3, 0.4) is 0 Å². The highest BCUT2D eigenvalue weighted by Gasteiger charge is 2.14. The van der Waals surface area contributed by atoms with E-state index in [-0.39, 0.29) is 16.3 Å². The number of sulfonamides is 1. The molecule has 7 nitrogen and oxygen atoms in total. The zero-order valence-electron chi connectivity index (χ0n) is 11.4. The minimum atomic E-state index is -3.75. The van der Waals surface area contributed by atoms with Crippen molar-refractivity contribution in [3.05, 3.63) is 76.9 Å². The second-order valence-electron chi connectivity index (χ2n) is 4.33. The smallest absolute Gasteiger partial charge is 0.270 e. The van der Waals surface area contributed by atoms with E-state index in [0.29, 0.717) is 5.56 Å². The Balaban J connectivity index is 2.10. The number of hydrogen-bond acceptors (Lipinski definition) is 5. The molecule has 0 aliphatic carbocycles. The van der Waals surface area contributed by atoms with Crippen molar-refractivity contribution in [2.75, 3.05) is 0 Å². The van der Waals surface area contributed by atoms with E-state index < -0.39 is 14.9 Å². The number of hydrazine groups is 1. The van der Waals surface area contributed by atoms with Gasteiger partial charge in [-0.05, 0) is 12.1 Å². The molecule has 2 rings (SSSR count). The van der Waals surface area contributed by atoms with Crippen LogP contribution in [0.2, 0.25) is 0 Å². The molecular formula is C14H13N3O4S. The van der Waals surface area contributed by atoms with Crippen molar-refractivity contribution in [3.63, 3.8) is 0 Å². The topological polar surface area (TPSA) is 101 Å². The van der Waals surface area contributed by atoms with E-state index >= 15 is 0 Å². The molecule has 0 unspecified atom stereocenters. The molecule has 0 spiro atoms. The first-order valence-corrected chi connectivity index (χ1v) is 7.65. The summed E-state index contributed by atoms with van der Waals surface area (Å²) in [7, 11) is -3.75. The highest BCUT2D eigenvalue weighted by molar-refractivity contribution is 7.89. The Bertz CT molecular complexity index is 804. The molecule has 0 bridgehead atoms. The fraction of sp³-hybridized carbons (Fsp3) is 0. The maximum atomic E-state index is 12.0. The van der Waals surface area contributed by atoms with Crippen LogP contribution in [0, 0.1) is 10.1 Å². The van der Waals surface area contributed by atoms with Gasteiger partial charge < -0.3 is 5.43 Å². The molecule has 0 saturated heterocycles. The normalized spacial score (nSPS) is 10.9. The van der Waals surface area contributed by atoms with Crippen LogP contribution in [0.4, 0.5) is 5.69 Å². The maximum absolute atomic E-state index is 12.0. The molecule has 2 N–H and O–H groups in total. The summed E-state index contributed by atoms with van der Waals surface area (Å²) in [5.74, 6) is 0. The summed E-state index contributed by atoms with van der Waals surface area (Å²) >= 11 is 0. The average molecular weight is 319 g/mol. The first-order chi connectivity index (χ1) is 10.4. The number of hydrogen-bond donors (Lipinski definition) is 2. The van der Waals surface area contributed by atoms with Gasteiger partial charge in [-0.3, -0.25) is 10.1 Å². The summed E-state index contributed by atoms with van der Waals surface area (Å²) in [6, 6.07) is 13.5. The standard InChI is InChI=1S/C14H13N3O4S/c1-11(12-6-5-7-13(10-12)17(18)19)15-16-22(20,21)14-8-3-2-4-9-14/h2-10,15-16H,1H2. The lowest BCUT2D eigenvalue weighted by Gasteiger charge is -2.11. The van der Waals surface area contributed by atoms with E-state index in [1.165, 1.54) is 30.3 Å². The monoisotopic (exact) mass is 319 g/mol. The molecule has 0 aromatic heterocycles. The summed E-state index contributed by atoms with van der Waals surface area (Å²) in [6.45, 7) is 3.66. The van der Waals surface area contributed by atoms with Gasteiger partial charge >= 0.3 is 0 Å². The second kappa shape index (κ2) is 6.37. The molecule has 0 aliphatic heterocycles. The summed E-state index contributed by atoms with van der Waals surface area (Å²) in [6.07, 6.45) is 0. The molecule has 0 aliphatic rings. The minimum Gasteiger partial charge on any atom is -0.308 e. The molecule has 0 heterocycles. The average Bonchev–Trinajstić information content (AvgIpc) is 2.53. The predicted molar refractivity (Wildman–Crippen MR) is 82.0 cm³/mol. The van der Waals surface area contributed by atoms with E-state index in [4.69, 9.17) is 0 Å². The van der Waals surface area contributed by atoms with E-state index in [2.05, 4.69) is 16.8 Å². The predicted octanol–water partition coefficient (Wildman–Crippen LogP) is 2.05. The highest BCUT2D eigenvalue weighted by atomic mass is 32.2. The quantitative estimate of drug-likeness (QED) is 0.627. The van der Waals surface area contributed by atoms with Crippen molar-refractivity contribution in [3.8, 4) is 0 Å². The van der Waals surface area contributed by atoms with Gasteiger partial charge in [0.25, 0.3) is 15.7 Å². The number of nitrogens with zero attached hydrogens (tertiary/aromatic N) is 1. The lowest BCUT2D eigenvalue weighted by molar-refractivity contribution is -0.384. The number of nitro benzene ring substituents is 1. The number of nitro groups is 1. The molecule has 0 fully saturated rings. The van der Waals surface area contributed by atoms with Crippen molar-refractivity contribution in [2.24, 2.45) is 0 Å². The van der Waals surface area contributed by atoms with Gasteiger partial charge in [0.2, 0.25) is 0 Å². The lowest BCUT2D eigenvalue weighted by atomic mass is 10.1. The van der Waals surface area contributed by atoms with Crippen LogP contribution in [0.15, 0.2) is 66.1 Å². The third-order valence-electron chi connectivity index (χ3n) is 2.80. The van der Waals surface area contributed by atoms with Gasteiger partial charge in [0.1, 0.15) is 0 Å². The van der Waals surface area contributed by atoms with E-state index in [1.807, 2.05) is 0 Å². The summed E-state index contributed by atoms with van der Waals surface area (Å²) in [5, 5.41) is 10.7. The Morgan fingerprint density at radius 2 is 1.77 bits per heavy atom. The van der Waals surface area contributed by atoms with Gasteiger partial charge in [-0.2, -0.15) is 0 Å². The third kappa shape index (κ3) is 3.68. The van der Waals surface area contributed by atoms with Gasteiger partial charge in [-0.25, -0.2) is 8.42 Å². The largest absolute Gasteiger partial charge is 0.308 e. The van der Waals surface area contributed by atoms with Crippen molar-refractivity contribution in [2.45, 2.75) is 4.90 Å². The zero-order chi connectivity index (χ0) is 16.2. The van der Waals surface area contributed by atoms with Gasteiger partial charge in [0, 0.05) is 17.7 Å². The van der Waals surface area contributed by atoms with Crippen molar-refractivity contribution in [1.82, 2.24) is 10.3 Å². The number of rotatable bonds is 6. The van der Waals surface area contributed by atoms with Crippen LogP contribution < -0.4 is 10.3 Å². The van der Waals surface area contributed by atoms with Crippen LogP contribution in [0.1, 0.15) is 5.56 Å². The number of nitrogens with one attached hydrogen (secondary N) is 2. The summed E-state index contributed by atoms with van der Waals surface area (Å²) < 4.78 is 24.0. The molecule has 8 heteroatoms. The lowest BCUT2D eigenvalue weighted by Crippen LogP contribution is -2.35. The Hall–Kier alpha value is -2.71. The van der Waals surface area contributed by atoms with Gasteiger partial charge in [0.15, 0.2) is 0 Å². The molecule has 2 aromatic carbocycles. The zero-order valence-corrected chi connectivity index (χ0v) is 12.2. The van der Waals surface area contributed by atoms with Gasteiger partial charge in [-0.15, -0.1) is 4.83 Å². The first kappa shape index (κ1) is 15.7. The fourth-order valence-corrected chi connectivity index (χ4v) is 2.56. The van der Waals surface area contributed by atoms with Crippen molar-refractivity contribution >= 4 is 21.4 Å². The number of benzene rings is 2. The third-order valence-corrected chi connectivity index (χ3v) is 4.06. The van der Waals surface area contributed by atoms with Crippen molar-refractivity contribution in [1.29, 1.82) is 0 Å². The van der Waals surface area contributed by atoms with Gasteiger partial charge in [-0.1, -0.05) is 36.9 Å². The molecule has 0 saturated carbocycles. The first-order valence-electron chi connectivity index (χ1n) is 6.17. The molecular weight excluding hydrogens is 306 g/mol. The minimum absolute atomic E-state index is 0.0920. The highest BCUT2D eigenvalue weighted by Crippen LogP contribution is 2.17. The SMILES string of the molecule is C=C(NNS(=O)(=O)c1ccccc1)c1cccc([N+](=O)[O-])c1. The van der Waals surface area contributed by atoms with E-state index in [0.717, 1.165) is 0 Å². The van der Waals surface area contributed by atoms with Crippen LogP contribution >= 0.6 is 0 Å². The molecule has 114 valence electrons. The Morgan fingerprint density at radius 1 is 1.09 bits per heavy atom.